The zero-order valence-corrected chi connectivity index (χ0v) is 16.9. The third kappa shape index (κ3) is 13.3. The lowest BCUT2D eigenvalue weighted by Gasteiger charge is -2.01. The molecule has 1 fully saturated rings. The van der Waals surface area contributed by atoms with Crippen molar-refractivity contribution in [1.82, 2.24) is 0 Å². The summed E-state index contributed by atoms with van der Waals surface area (Å²) in [4.78, 5) is 0. The van der Waals surface area contributed by atoms with Gasteiger partial charge >= 0.3 is 0 Å². The molecule has 2 heteroatoms. The maximum Gasteiger partial charge on any atom is 0.0976 e. The molecule has 1 heterocycles. The van der Waals surface area contributed by atoms with Crippen LogP contribution in [0.2, 0.25) is 0 Å². The standard InChI is InChI=1S/C22H41ClO/c1-2-3-4-5-6-7-8-9-10-11-12-13-14-15-16-17-18-19-21-22(20-23)24-21/h9-10,21-22H,2-8,11-20H2,1H3/b10-9-/t21-,22-/m1/s1. The van der Waals surface area contributed by atoms with E-state index < -0.39 is 0 Å². The van der Waals surface area contributed by atoms with Gasteiger partial charge in [-0.05, 0) is 32.1 Å². The van der Waals surface area contributed by atoms with E-state index in [1.165, 1.54) is 103 Å². The van der Waals surface area contributed by atoms with Gasteiger partial charge in [0.15, 0.2) is 0 Å². The Morgan fingerprint density at radius 2 is 1.17 bits per heavy atom. The molecule has 142 valence electrons. The highest BCUT2D eigenvalue weighted by Crippen LogP contribution is 2.28. The Bertz CT molecular complexity index is 290. The van der Waals surface area contributed by atoms with E-state index in [1.807, 2.05) is 0 Å². The highest BCUT2D eigenvalue weighted by atomic mass is 35.5. The molecule has 1 rings (SSSR count). The highest BCUT2D eigenvalue weighted by Gasteiger charge is 2.36. The van der Waals surface area contributed by atoms with Crippen LogP contribution in [0.15, 0.2) is 12.2 Å². The molecule has 1 aliphatic heterocycles. The third-order valence-electron chi connectivity index (χ3n) is 5.09. The number of alkyl halides is 1. The molecule has 1 aliphatic rings. The molecule has 0 unspecified atom stereocenters. The Hall–Kier alpha value is -0.0100. The van der Waals surface area contributed by atoms with Crippen LogP contribution in [0.1, 0.15) is 110 Å². The fourth-order valence-electron chi connectivity index (χ4n) is 3.34. The quantitative estimate of drug-likeness (QED) is 0.105. The topological polar surface area (TPSA) is 12.5 Å². The third-order valence-corrected chi connectivity index (χ3v) is 5.39. The minimum Gasteiger partial charge on any atom is -0.368 e. The molecular weight excluding hydrogens is 316 g/mol. The first-order valence-electron chi connectivity index (χ1n) is 10.7. The zero-order valence-electron chi connectivity index (χ0n) is 16.1. The van der Waals surface area contributed by atoms with E-state index in [9.17, 15) is 0 Å². The summed E-state index contributed by atoms with van der Waals surface area (Å²) in [5, 5.41) is 0. The molecule has 0 saturated carbocycles. The van der Waals surface area contributed by atoms with Gasteiger partial charge in [-0.3, -0.25) is 0 Å². The van der Waals surface area contributed by atoms with Gasteiger partial charge in [0.2, 0.25) is 0 Å². The lowest BCUT2D eigenvalue weighted by Crippen LogP contribution is -1.94. The summed E-state index contributed by atoms with van der Waals surface area (Å²) in [7, 11) is 0. The van der Waals surface area contributed by atoms with Gasteiger partial charge in [0, 0.05) is 0 Å². The van der Waals surface area contributed by atoms with Crippen LogP contribution >= 0.6 is 11.6 Å². The van der Waals surface area contributed by atoms with Crippen molar-refractivity contribution >= 4 is 11.6 Å². The summed E-state index contributed by atoms with van der Waals surface area (Å²) in [6.07, 6.45) is 27.6. The monoisotopic (exact) mass is 356 g/mol. The Balaban J connectivity index is 1.68. The second-order valence-corrected chi connectivity index (χ2v) is 7.76. The van der Waals surface area contributed by atoms with Crippen molar-refractivity contribution in [2.24, 2.45) is 0 Å². The first-order chi connectivity index (χ1) is 11.9. The van der Waals surface area contributed by atoms with Crippen LogP contribution in [0.4, 0.5) is 0 Å². The molecule has 24 heavy (non-hydrogen) atoms. The van der Waals surface area contributed by atoms with Crippen LogP contribution in [0.25, 0.3) is 0 Å². The minimum absolute atomic E-state index is 0.376. The summed E-state index contributed by atoms with van der Waals surface area (Å²) < 4.78 is 5.46. The van der Waals surface area contributed by atoms with E-state index in [-0.39, 0.29) is 0 Å². The van der Waals surface area contributed by atoms with Gasteiger partial charge < -0.3 is 4.74 Å². The average Bonchev–Trinajstić information content (AvgIpc) is 3.36. The Morgan fingerprint density at radius 1 is 0.667 bits per heavy atom. The van der Waals surface area contributed by atoms with Crippen molar-refractivity contribution in [1.29, 1.82) is 0 Å². The Labute approximate surface area is 156 Å². The van der Waals surface area contributed by atoms with Gasteiger partial charge in [-0.15, -0.1) is 11.6 Å². The van der Waals surface area contributed by atoms with Crippen LogP contribution in [0.5, 0.6) is 0 Å². The smallest absolute Gasteiger partial charge is 0.0976 e. The predicted octanol–water partition coefficient (Wildman–Crippen LogP) is 7.81. The van der Waals surface area contributed by atoms with Crippen LogP contribution in [-0.4, -0.2) is 18.1 Å². The first kappa shape index (κ1) is 22.0. The number of allylic oxidation sites excluding steroid dienone is 2. The molecule has 0 amide bonds. The van der Waals surface area contributed by atoms with E-state index in [4.69, 9.17) is 16.3 Å². The van der Waals surface area contributed by atoms with Crippen molar-refractivity contribution in [3.05, 3.63) is 12.2 Å². The largest absolute Gasteiger partial charge is 0.368 e. The van der Waals surface area contributed by atoms with Crippen molar-refractivity contribution in [2.75, 3.05) is 5.88 Å². The summed E-state index contributed by atoms with van der Waals surface area (Å²) >= 11 is 5.75. The molecule has 0 aromatic heterocycles. The second-order valence-electron chi connectivity index (χ2n) is 7.45. The van der Waals surface area contributed by atoms with E-state index in [2.05, 4.69) is 19.1 Å². The summed E-state index contributed by atoms with van der Waals surface area (Å²) in [5.41, 5.74) is 0. The number of epoxide rings is 1. The molecule has 0 bridgehead atoms. The van der Waals surface area contributed by atoms with Gasteiger partial charge in [0.1, 0.15) is 0 Å². The van der Waals surface area contributed by atoms with Gasteiger partial charge in [-0.2, -0.15) is 0 Å². The lowest BCUT2D eigenvalue weighted by molar-refractivity contribution is 0.365. The fourth-order valence-corrected chi connectivity index (χ4v) is 3.61. The maximum atomic E-state index is 5.75. The molecular formula is C22H41ClO. The van der Waals surface area contributed by atoms with E-state index >= 15 is 0 Å². The van der Waals surface area contributed by atoms with Crippen molar-refractivity contribution in [3.8, 4) is 0 Å². The molecule has 1 nitrogen and oxygen atoms in total. The number of hydrogen-bond donors (Lipinski definition) is 0. The average molecular weight is 357 g/mol. The first-order valence-corrected chi connectivity index (χ1v) is 11.3. The Morgan fingerprint density at radius 3 is 1.67 bits per heavy atom. The number of ether oxygens (including phenoxy) is 1. The SMILES string of the molecule is CCCCCCCC/C=C\CCCCCCCCC[C@H]1O[C@@H]1CCl. The number of unbranched alkanes of at least 4 members (excludes halogenated alkanes) is 13. The van der Waals surface area contributed by atoms with Crippen molar-refractivity contribution in [2.45, 2.75) is 122 Å². The molecule has 0 aliphatic carbocycles. The van der Waals surface area contributed by atoms with E-state index in [0.717, 1.165) is 0 Å². The number of rotatable bonds is 18. The molecule has 0 aromatic carbocycles. The molecule has 0 aromatic rings. The number of hydrogen-bond acceptors (Lipinski definition) is 1. The molecule has 0 spiro atoms. The van der Waals surface area contributed by atoms with Gasteiger partial charge in [-0.1, -0.05) is 89.7 Å². The second kappa shape index (κ2) is 16.5. The molecule has 1 saturated heterocycles. The summed E-state index contributed by atoms with van der Waals surface area (Å²) in [6, 6.07) is 0. The normalized spacial score (nSPS) is 20.1. The van der Waals surface area contributed by atoms with Crippen molar-refractivity contribution < 1.29 is 4.74 Å². The van der Waals surface area contributed by atoms with E-state index in [0.29, 0.717) is 18.1 Å². The zero-order chi connectivity index (χ0) is 17.3. The fraction of sp³-hybridized carbons (Fsp3) is 0.909. The minimum atomic E-state index is 0.376. The Kier molecular flexibility index (Phi) is 15.1. The number of halogens is 1. The van der Waals surface area contributed by atoms with Crippen LogP contribution in [-0.2, 0) is 4.74 Å². The van der Waals surface area contributed by atoms with Crippen LogP contribution < -0.4 is 0 Å². The van der Waals surface area contributed by atoms with Crippen molar-refractivity contribution in [3.63, 3.8) is 0 Å². The maximum absolute atomic E-state index is 5.75. The molecule has 2 atom stereocenters. The lowest BCUT2D eigenvalue weighted by atomic mass is 10.1. The summed E-state index contributed by atoms with van der Waals surface area (Å²) in [5.74, 6) is 0.679. The van der Waals surface area contributed by atoms with E-state index in [1.54, 1.807) is 0 Å². The van der Waals surface area contributed by atoms with Gasteiger partial charge in [0.05, 0.1) is 18.1 Å². The van der Waals surface area contributed by atoms with Crippen LogP contribution in [0, 0.1) is 0 Å². The van der Waals surface area contributed by atoms with Gasteiger partial charge in [0.25, 0.3) is 0 Å². The van der Waals surface area contributed by atoms with Crippen LogP contribution in [0.3, 0.4) is 0 Å². The predicted molar refractivity (Wildman–Crippen MR) is 108 cm³/mol. The highest BCUT2D eigenvalue weighted by molar-refractivity contribution is 6.18. The summed E-state index contributed by atoms with van der Waals surface area (Å²) in [6.45, 7) is 2.28. The molecule has 0 N–H and O–H groups in total. The molecule has 0 radical (unpaired) electrons. The van der Waals surface area contributed by atoms with Gasteiger partial charge in [-0.25, -0.2) is 0 Å².